The second-order valence-corrected chi connectivity index (χ2v) is 7.83. The molecule has 0 bridgehead atoms. The molecule has 2 rings (SSSR count). The summed E-state index contributed by atoms with van der Waals surface area (Å²) in [6.45, 7) is 0.210. The monoisotopic (exact) mass is 382 g/mol. The number of rotatable bonds is 8. The molecule has 0 aromatic heterocycles. The van der Waals surface area contributed by atoms with Crippen molar-refractivity contribution in [3.8, 4) is 0 Å². The fourth-order valence-electron chi connectivity index (χ4n) is 2.33. The molecule has 0 fully saturated rings. The molecule has 0 aliphatic rings. The SMILES string of the molecule is CS(=O)(=O)N(CCC(=O)Nc1ccc(F)cc1)CCc1ccc(F)cc1. The Morgan fingerprint density at radius 1 is 0.962 bits per heavy atom. The minimum Gasteiger partial charge on any atom is -0.326 e. The predicted octanol–water partition coefficient (Wildman–Crippen LogP) is 2.80. The number of hydrogen-bond acceptors (Lipinski definition) is 3. The average molecular weight is 382 g/mol. The summed E-state index contributed by atoms with van der Waals surface area (Å²) in [5, 5.41) is 2.59. The van der Waals surface area contributed by atoms with Gasteiger partial charge in [-0.15, -0.1) is 0 Å². The Labute approximate surface area is 151 Å². The summed E-state index contributed by atoms with van der Waals surface area (Å²) in [6.07, 6.45) is 1.45. The first-order valence-electron chi connectivity index (χ1n) is 7.99. The Hall–Kier alpha value is -2.32. The van der Waals surface area contributed by atoms with Crippen LogP contribution in [0.5, 0.6) is 0 Å². The van der Waals surface area contributed by atoms with E-state index in [0.29, 0.717) is 12.1 Å². The zero-order chi connectivity index (χ0) is 19.2. The Bertz CT molecular complexity index is 838. The molecule has 0 saturated heterocycles. The van der Waals surface area contributed by atoms with Crippen LogP contribution < -0.4 is 5.32 Å². The molecule has 1 amide bonds. The fraction of sp³-hybridized carbons (Fsp3) is 0.278. The second kappa shape index (κ2) is 8.86. The summed E-state index contributed by atoms with van der Waals surface area (Å²) >= 11 is 0. The summed E-state index contributed by atoms with van der Waals surface area (Å²) in [5.74, 6) is -1.13. The highest BCUT2D eigenvalue weighted by atomic mass is 32.2. The Morgan fingerprint density at radius 2 is 1.50 bits per heavy atom. The topological polar surface area (TPSA) is 66.5 Å². The lowest BCUT2D eigenvalue weighted by Gasteiger charge is -2.19. The maximum Gasteiger partial charge on any atom is 0.225 e. The largest absolute Gasteiger partial charge is 0.326 e. The van der Waals surface area contributed by atoms with Gasteiger partial charge in [-0.1, -0.05) is 12.1 Å². The third-order valence-electron chi connectivity index (χ3n) is 3.75. The lowest BCUT2D eigenvalue weighted by Crippen LogP contribution is -2.34. The lowest BCUT2D eigenvalue weighted by atomic mass is 10.1. The molecular formula is C18H20F2N2O3S. The van der Waals surface area contributed by atoms with E-state index in [-0.39, 0.29) is 31.2 Å². The smallest absolute Gasteiger partial charge is 0.225 e. The number of anilines is 1. The van der Waals surface area contributed by atoms with Gasteiger partial charge in [0, 0.05) is 25.2 Å². The molecule has 1 N–H and O–H groups in total. The molecule has 0 aliphatic heterocycles. The molecule has 5 nitrogen and oxygen atoms in total. The van der Waals surface area contributed by atoms with Crippen molar-refractivity contribution in [1.82, 2.24) is 4.31 Å². The standard InChI is InChI=1S/C18H20F2N2O3S/c1-26(24,25)22(12-10-14-2-4-15(19)5-3-14)13-11-18(23)21-17-8-6-16(20)7-9-17/h2-9H,10-13H2,1H3,(H,21,23). The molecule has 0 atom stereocenters. The molecule has 0 aliphatic carbocycles. The first-order valence-corrected chi connectivity index (χ1v) is 9.84. The zero-order valence-electron chi connectivity index (χ0n) is 14.3. The molecule has 0 unspecified atom stereocenters. The van der Waals surface area contributed by atoms with E-state index in [1.165, 1.54) is 40.7 Å². The van der Waals surface area contributed by atoms with Gasteiger partial charge in [0.1, 0.15) is 11.6 Å². The van der Waals surface area contributed by atoms with Crippen LogP contribution in [-0.4, -0.2) is 38.0 Å². The third-order valence-corrected chi connectivity index (χ3v) is 5.05. The van der Waals surface area contributed by atoms with Crippen molar-refractivity contribution in [3.05, 3.63) is 65.7 Å². The Balaban J connectivity index is 1.89. The van der Waals surface area contributed by atoms with E-state index in [0.717, 1.165) is 11.8 Å². The van der Waals surface area contributed by atoms with Gasteiger partial charge >= 0.3 is 0 Å². The molecule has 2 aromatic carbocycles. The number of carbonyl (C=O) groups excluding carboxylic acids is 1. The number of amides is 1. The summed E-state index contributed by atoms with van der Waals surface area (Å²) < 4.78 is 50.8. The first kappa shape index (κ1) is 20.0. The van der Waals surface area contributed by atoms with Crippen molar-refractivity contribution in [2.45, 2.75) is 12.8 Å². The van der Waals surface area contributed by atoms with Gasteiger partial charge in [0.25, 0.3) is 0 Å². The van der Waals surface area contributed by atoms with Gasteiger partial charge in [0.05, 0.1) is 6.26 Å². The number of nitrogens with one attached hydrogen (secondary N) is 1. The Kier molecular flexibility index (Phi) is 6.82. The van der Waals surface area contributed by atoms with Gasteiger partial charge < -0.3 is 5.32 Å². The minimum atomic E-state index is -3.49. The van der Waals surface area contributed by atoms with Crippen molar-refractivity contribution >= 4 is 21.6 Å². The fourth-order valence-corrected chi connectivity index (χ4v) is 3.18. The number of carbonyl (C=O) groups is 1. The summed E-state index contributed by atoms with van der Waals surface area (Å²) in [6, 6.07) is 11.1. The normalized spacial score (nSPS) is 11.5. The number of nitrogens with zero attached hydrogens (tertiary/aromatic N) is 1. The molecule has 140 valence electrons. The molecule has 8 heteroatoms. The van der Waals surface area contributed by atoms with E-state index in [1.54, 1.807) is 12.1 Å². The van der Waals surface area contributed by atoms with E-state index in [1.807, 2.05) is 0 Å². The van der Waals surface area contributed by atoms with Gasteiger partial charge in [-0.2, -0.15) is 0 Å². The van der Waals surface area contributed by atoms with Crippen LogP contribution in [0.15, 0.2) is 48.5 Å². The highest BCUT2D eigenvalue weighted by Crippen LogP contribution is 2.10. The molecule has 0 heterocycles. The molecular weight excluding hydrogens is 362 g/mol. The van der Waals surface area contributed by atoms with E-state index in [9.17, 15) is 22.0 Å². The summed E-state index contributed by atoms with van der Waals surface area (Å²) in [5.41, 5.74) is 1.24. The van der Waals surface area contributed by atoms with Crippen molar-refractivity contribution < 1.29 is 22.0 Å². The second-order valence-electron chi connectivity index (χ2n) is 5.84. The van der Waals surface area contributed by atoms with Gasteiger partial charge in [0.15, 0.2) is 0 Å². The van der Waals surface area contributed by atoms with Crippen molar-refractivity contribution in [2.75, 3.05) is 24.7 Å². The number of benzene rings is 2. The average Bonchev–Trinajstić information content (AvgIpc) is 2.57. The maximum atomic E-state index is 12.9. The Morgan fingerprint density at radius 3 is 2.04 bits per heavy atom. The number of sulfonamides is 1. The van der Waals surface area contributed by atoms with Gasteiger partial charge in [-0.25, -0.2) is 21.5 Å². The van der Waals surface area contributed by atoms with Crippen LogP contribution in [0.2, 0.25) is 0 Å². The number of halogens is 2. The molecule has 2 aromatic rings. The number of hydrogen-bond donors (Lipinski definition) is 1. The first-order chi connectivity index (χ1) is 12.2. The van der Waals surface area contributed by atoms with Crippen LogP contribution in [0.25, 0.3) is 0 Å². The molecule has 0 saturated carbocycles. The van der Waals surface area contributed by atoms with Crippen LogP contribution in [0.4, 0.5) is 14.5 Å². The van der Waals surface area contributed by atoms with Gasteiger partial charge in [-0.3, -0.25) is 4.79 Å². The van der Waals surface area contributed by atoms with Crippen LogP contribution in [0.1, 0.15) is 12.0 Å². The third kappa shape index (κ3) is 6.53. The van der Waals surface area contributed by atoms with Crippen LogP contribution in [-0.2, 0) is 21.2 Å². The van der Waals surface area contributed by atoms with Gasteiger partial charge in [0.2, 0.25) is 15.9 Å². The zero-order valence-corrected chi connectivity index (χ0v) is 15.1. The van der Waals surface area contributed by atoms with Crippen molar-refractivity contribution in [2.24, 2.45) is 0 Å². The lowest BCUT2D eigenvalue weighted by molar-refractivity contribution is -0.116. The van der Waals surface area contributed by atoms with E-state index >= 15 is 0 Å². The van der Waals surface area contributed by atoms with E-state index < -0.39 is 15.8 Å². The molecule has 26 heavy (non-hydrogen) atoms. The molecule has 0 radical (unpaired) electrons. The van der Waals surface area contributed by atoms with E-state index in [2.05, 4.69) is 5.32 Å². The summed E-state index contributed by atoms with van der Waals surface area (Å²) in [7, 11) is -3.49. The minimum absolute atomic E-state index is 0.0209. The van der Waals surface area contributed by atoms with Gasteiger partial charge in [-0.05, 0) is 48.4 Å². The highest BCUT2D eigenvalue weighted by molar-refractivity contribution is 7.88. The summed E-state index contributed by atoms with van der Waals surface area (Å²) in [4.78, 5) is 12.0. The van der Waals surface area contributed by atoms with Crippen LogP contribution in [0, 0.1) is 11.6 Å². The highest BCUT2D eigenvalue weighted by Gasteiger charge is 2.18. The molecule has 0 spiro atoms. The quantitative estimate of drug-likeness (QED) is 0.764. The van der Waals surface area contributed by atoms with Crippen molar-refractivity contribution in [1.29, 1.82) is 0 Å². The van der Waals surface area contributed by atoms with Crippen molar-refractivity contribution in [3.63, 3.8) is 0 Å². The maximum absolute atomic E-state index is 12.9. The van der Waals surface area contributed by atoms with Crippen LogP contribution >= 0.6 is 0 Å². The predicted molar refractivity (Wildman–Crippen MR) is 96.2 cm³/mol. The van der Waals surface area contributed by atoms with Crippen LogP contribution in [0.3, 0.4) is 0 Å². The van der Waals surface area contributed by atoms with E-state index in [4.69, 9.17) is 0 Å².